The molecule has 1 amide bonds. The molecule has 84 valence electrons. The number of anilines is 1. The van der Waals surface area contributed by atoms with E-state index in [1.54, 1.807) is 12.1 Å². The van der Waals surface area contributed by atoms with Crippen LogP contribution in [0.25, 0.3) is 11.0 Å². The summed E-state index contributed by atoms with van der Waals surface area (Å²) in [4.78, 5) is 27.6. The average Bonchev–Trinajstić information content (AvgIpc) is 2.58. The first-order valence-electron chi connectivity index (χ1n) is 4.37. The van der Waals surface area contributed by atoms with E-state index in [0.29, 0.717) is 21.1 Å². The van der Waals surface area contributed by atoms with Crippen LogP contribution in [0.3, 0.4) is 0 Å². The number of benzene rings is 1. The Morgan fingerprint density at radius 1 is 1.38 bits per heavy atom. The molecule has 0 unspecified atom stereocenters. The predicted octanol–water partition coefficient (Wildman–Crippen LogP) is 1.99. The second-order valence-corrected chi connectivity index (χ2v) is 4.76. The molecule has 0 saturated heterocycles. The van der Waals surface area contributed by atoms with E-state index in [9.17, 15) is 9.59 Å². The summed E-state index contributed by atoms with van der Waals surface area (Å²) in [6.07, 6.45) is 0. The van der Waals surface area contributed by atoms with E-state index in [2.05, 4.69) is 31.2 Å². The van der Waals surface area contributed by atoms with Crippen molar-refractivity contribution in [1.29, 1.82) is 0 Å². The fraction of sp³-hybridized carbons (Fsp3) is 0.111. The zero-order valence-electron chi connectivity index (χ0n) is 7.93. The molecule has 0 aliphatic carbocycles. The topological polar surface area (TPSA) is 77.8 Å². The van der Waals surface area contributed by atoms with Gasteiger partial charge in [0.15, 0.2) is 0 Å². The van der Waals surface area contributed by atoms with E-state index >= 15 is 0 Å². The standard InChI is InChI=1S/C9H7BrIN3O2/c10-4-1-6-7(14-9(16)13-6)2-5(4)12-8(15)3-11/h1-2H,3H2,(H,12,15)(H2,13,14,16). The number of carbonyl (C=O) groups is 1. The molecule has 1 heterocycles. The quantitative estimate of drug-likeness (QED) is 0.537. The molecule has 1 aromatic heterocycles. The van der Waals surface area contributed by atoms with Crippen LogP contribution in [0.15, 0.2) is 21.4 Å². The summed E-state index contributed by atoms with van der Waals surface area (Å²) in [6.45, 7) is 0. The number of alkyl halides is 1. The first-order valence-corrected chi connectivity index (χ1v) is 6.69. The highest BCUT2D eigenvalue weighted by molar-refractivity contribution is 14.1. The molecule has 0 fully saturated rings. The molecule has 0 atom stereocenters. The first kappa shape index (κ1) is 11.6. The van der Waals surface area contributed by atoms with Crippen LogP contribution in [0.5, 0.6) is 0 Å². The molecule has 5 nitrogen and oxygen atoms in total. The smallest absolute Gasteiger partial charge is 0.323 e. The number of carbonyl (C=O) groups excluding carboxylic acids is 1. The molecule has 2 rings (SSSR count). The second kappa shape index (κ2) is 4.58. The number of H-pyrrole nitrogens is 2. The van der Waals surface area contributed by atoms with Crippen molar-refractivity contribution in [3.05, 3.63) is 27.1 Å². The third-order valence-electron chi connectivity index (χ3n) is 2.00. The van der Waals surface area contributed by atoms with Crippen molar-refractivity contribution in [3.63, 3.8) is 0 Å². The van der Waals surface area contributed by atoms with Crippen molar-refractivity contribution >= 4 is 61.1 Å². The van der Waals surface area contributed by atoms with Crippen molar-refractivity contribution in [2.75, 3.05) is 9.74 Å². The van der Waals surface area contributed by atoms with Gasteiger partial charge in [-0.3, -0.25) is 4.79 Å². The van der Waals surface area contributed by atoms with Crippen molar-refractivity contribution < 1.29 is 4.79 Å². The van der Waals surface area contributed by atoms with Gasteiger partial charge in [-0.1, -0.05) is 22.6 Å². The molecule has 0 spiro atoms. The Bertz CT molecular complexity index is 604. The molecule has 0 radical (unpaired) electrons. The highest BCUT2D eigenvalue weighted by Crippen LogP contribution is 2.26. The molecule has 16 heavy (non-hydrogen) atoms. The van der Waals surface area contributed by atoms with E-state index in [0.717, 1.165) is 4.47 Å². The minimum Gasteiger partial charge on any atom is -0.324 e. The summed E-state index contributed by atoms with van der Waals surface area (Å²) in [6, 6.07) is 3.46. The molecule has 1 aromatic carbocycles. The Hall–Kier alpha value is -0.830. The van der Waals surface area contributed by atoms with Gasteiger partial charge >= 0.3 is 5.69 Å². The fourth-order valence-corrected chi connectivity index (χ4v) is 1.97. The van der Waals surface area contributed by atoms with Gasteiger partial charge in [0.1, 0.15) is 0 Å². The number of halogens is 2. The lowest BCUT2D eigenvalue weighted by atomic mass is 10.3. The van der Waals surface area contributed by atoms with Gasteiger partial charge in [0, 0.05) is 4.47 Å². The summed E-state index contributed by atoms with van der Waals surface area (Å²) in [7, 11) is 0. The van der Waals surface area contributed by atoms with Crippen LogP contribution in [0.1, 0.15) is 0 Å². The summed E-state index contributed by atoms with van der Waals surface area (Å²) in [5, 5.41) is 2.73. The molecule has 0 aliphatic heterocycles. The number of hydrogen-bond acceptors (Lipinski definition) is 2. The number of hydrogen-bond donors (Lipinski definition) is 3. The Balaban J connectivity index is 2.49. The lowest BCUT2D eigenvalue weighted by molar-refractivity contribution is -0.113. The highest BCUT2D eigenvalue weighted by atomic mass is 127. The third-order valence-corrected chi connectivity index (χ3v) is 3.35. The van der Waals surface area contributed by atoms with Crippen LogP contribution in [-0.4, -0.2) is 20.3 Å². The fourth-order valence-electron chi connectivity index (χ4n) is 1.34. The van der Waals surface area contributed by atoms with Crippen molar-refractivity contribution in [2.24, 2.45) is 0 Å². The zero-order chi connectivity index (χ0) is 11.7. The van der Waals surface area contributed by atoms with Gasteiger partial charge in [0.05, 0.1) is 21.1 Å². The molecule has 2 aromatic rings. The van der Waals surface area contributed by atoms with E-state index < -0.39 is 0 Å². The van der Waals surface area contributed by atoms with E-state index in [-0.39, 0.29) is 11.6 Å². The Morgan fingerprint density at radius 2 is 2.00 bits per heavy atom. The first-order chi connectivity index (χ1) is 7.60. The number of rotatable bonds is 2. The van der Waals surface area contributed by atoms with Gasteiger partial charge in [-0.2, -0.15) is 0 Å². The van der Waals surface area contributed by atoms with Crippen LogP contribution in [0.4, 0.5) is 5.69 Å². The molecular formula is C9H7BrIN3O2. The minimum absolute atomic E-state index is 0.0847. The van der Waals surface area contributed by atoms with Gasteiger partial charge in [-0.25, -0.2) is 4.79 Å². The highest BCUT2D eigenvalue weighted by Gasteiger charge is 2.07. The maximum absolute atomic E-state index is 11.3. The van der Waals surface area contributed by atoms with E-state index in [4.69, 9.17) is 0 Å². The van der Waals surface area contributed by atoms with Gasteiger partial charge in [-0.05, 0) is 28.1 Å². The zero-order valence-corrected chi connectivity index (χ0v) is 11.7. The monoisotopic (exact) mass is 395 g/mol. The lowest BCUT2D eigenvalue weighted by Crippen LogP contribution is -2.12. The van der Waals surface area contributed by atoms with E-state index in [1.807, 2.05) is 22.6 Å². The molecule has 0 saturated carbocycles. The van der Waals surface area contributed by atoms with Crippen LogP contribution in [0.2, 0.25) is 0 Å². The number of amides is 1. The summed E-state index contributed by atoms with van der Waals surface area (Å²) >= 11 is 5.31. The Kier molecular flexibility index (Phi) is 3.33. The number of fused-ring (bicyclic) bond motifs is 1. The van der Waals surface area contributed by atoms with Crippen LogP contribution in [-0.2, 0) is 4.79 Å². The van der Waals surface area contributed by atoms with Gasteiger partial charge in [0.2, 0.25) is 5.91 Å². The van der Waals surface area contributed by atoms with Crippen LogP contribution < -0.4 is 11.0 Å². The summed E-state index contributed by atoms with van der Waals surface area (Å²) in [5.74, 6) is -0.0847. The Morgan fingerprint density at radius 3 is 2.62 bits per heavy atom. The van der Waals surface area contributed by atoms with Gasteiger partial charge in [0.25, 0.3) is 0 Å². The van der Waals surface area contributed by atoms with Gasteiger partial charge in [-0.15, -0.1) is 0 Å². The van der Waals surface area contributed by atoms with E-state index in [1.165, 1.54) is 0 Å². The number of aromatic amines is 2. The number of aromatic nitrogens is 2. The minimum atomic E-state index is -0.265. The number of nitrogens with one attached hydrogen (secondary N) is 3. The largest absolute Gasteiger partial charge is 0.324 e. The summed E-state index contributed by atoms with van der Waals surface area (Å²) in [5.41, 5.74) is 1.74. The average molecular weight is 396 g/mol. The third kappa shape index (κ3) is 2.29. The van der Waals surface area contributed by atoms with Crippen LogP contribution >= 0.6 is 38.5 Å². The van der Waals surface area contributed by atoms with Crippen molar-refractivity contribution in [1.82, 2.24) is 9.97 Å². The van der Waals surface area contributed by atoms with Crippen molar-refractivity contribution in [3.8, 4) is 0 Å². The predicted molar refractivity (Wildman–Crippen MR) is 74.1 cm³/mol. The maximum atomic E-state index is 11.3. The SMILES string of the molecule is O=C(CI)Nc1cc2[nH]c(=O)[nH]c2cc1Br. The Labute approximate surface area is 112 Å². The molecular weight excluding hydrogens is 389 g/mol. The maximum Gasteiger partial charge on any atom is 0.323 e. The van der Waals surface area contributed by atoms with Crippen LogP contribution in [0, 0.1) is 0 Å². The van der Waals surface area contributed by atoms with Gasteiger partial charge < -0.3 is 15.3 Å². The molecule has 0 aliphatic rings. The normalized spacial score (nSPS) is 10.6. The number of imidazole rings is 1. The molecule has 3 N–H and O–H groups in total. The lowest BCUT2D eigenvalue weighted by Gasteiger charge is -2.05. The molecule has 0 bridgehead atoms. The molecule has 7 heteroatoms. The summed E-state index contributed by atoms with van der Waals surface area (Å²) < 4.78 is 1.11. The second-order valence-electron chi connectivity index (χ2n) is 3.14. The van der Waals surface area contributed by atoms with Crippen molar-refractivity contribution in [2.45, 2.75) is 0 Å².